The zero-order valence-corrected chi connectivity index (χ0v) is 11.2. The third-order valence-corrected chi connectivity index (χ3v) is 2.53. The van der Waals surface area contributed by atoms with Crippen molar-refractivity contribution < 1.29 is 14.5 Å². The van der Waals surface area contributed by atoms with Gasteiger partial charge >= 0.3 is 5.82 Å². The van der Waals surface area contributed by atoms with E-state index in [0.717, 1.165) is 6.42 Å². The molecule has 7 heteroatoms. The number of amides is 1. The highest BCUT2D eigenvalue weighted by Crippen LogP contribution is 2.24. The lowest BCUT2D eigenvalue weighted by molar-refractivity contribution is -0.390. The lowest BCUT2D eigenvalue weighted by Crippen LogP contribution is -2.35. The number of carbonyl (C=O) groups excluding carboxylic acids is 1. The Bertz CT molecular complexity index is 476. The van der Waals surface area contributed by atoms with E-state index in [1.165, 1.54) is 6.07 Å². The molecule has 19 heavy (non-hydrogen) atoms. The fourth-order valence-corrected chi connectivity index (χ4v) is 1.34. The highest BCUT2D eigenvalue weighted by Gasteiger charge is 2.18. The van der Waals surface area contributed by atoms with Gasteiger partial charge in [0.15, 0.2) is 6.61 Å². The van der Waals surface area contributed by atoms with E-state index in [4.69, 9.17) is 4.74 Å². The minimum absolute atomic E-state index is 0.00472. The van der Waals surface area contributed by atoms with E-state index in [0.29, 0.717) is 5.69 Å². The summed E-state index contributed by atoms with van der Waals surface area (Å²) in [6.07, 6.45) is 0.804. The minimum atomic E-state index is -0.630. The lowest BCUT2D eigenvalue weighted by Gasteiger charge is -2.11. The molecule has 0 fully saturated rings. The lowest BCUT2D eigenvalue weighted by atomic mass is 10.2. The second-order valence-electron chi connectivity index (χ2n) is 4.20. The molecule has 0 aromatic carbocycles. The fourth-order valence-electron chi connectivity index (χ4n) is 1.34. The molecule has 0 aliphatic heterocycles. The van der Waals surface area contributed by atoms with E-state index >= 15 is 0 Å². The van der Waals surface area contributed by atoms with Crippen LogP contribution in [0.3, 0.4) is 0 Å². The van der Waals surface area contributed by atoms with Crippen LogP contribution in [0.4, 0.5) is 5.82 Å². The van der Waals surface area contributed by atoms with Crippen molar-refractivity contribution in [2.75, 3.05) is 6.61 Å². The van der Waals surface area contributed by atoms with E-state index in [1.54, 1.807) is 13.0 Å². The first-order chi connectivity index (χ1) is 8.93. The third kappa shape index (κ3) is 4.53. The molecule has 0 saturated carbocycles. The standard InChI is InChI=1S/C12H17N3O4/c1-4-8(2)13-11(16)7-19-10-6-5-9(3)14-12(10)15(17)18/h5-6,8H,4,7H2,1-3H3,(H,13,16). The largest absolute Gasteiger partial charge is 0.476 e. The first-order valence-corrected chi connectivity index (χ1v) is 5.98. The van der Waals surface area contributed by atoms with Gasteiger partial charge in [0.1, 0.15) is 5.69 Å². The van der Waals surface area contributed by atoms with Crippen LogP contribution >= 0.6 is 0 Å². The number of nitrogens with one attached hydrogen (secondary N) is 1. The molecule has 0 bridgehead atoms. The van der Waals surface area contributed by atoms with Crippen molar-refractivity contribution >= 4 is 11.7 Å². The number of pyridine rings is 1. The molecule has 1 aromatic heterocycles. The van der Waals surface area contributed by atoms with Crippen LogP contribution in [0.2, 0.25) is 0 Å². The molecule has 1 unspecified atom stereocenters. The monoisotopic (exact) mass is 267 g/mol. The molecule has 0 spiro atoms. The van der Waals surface area contributed by atoms with Crippen LogP contribution in [0.25, 0.3) is 0 Å². The Balaban J connectivity index is 2.67. The van der Waals surface area contributed by atoms with Crippen molar-refractivity contribution in [1.29, 1.82) is 0 Å². The summed E-state index contributed by atoms with van der Waals surface area (Å²) in [5.74, 6) is -0.699. The van der Waals surface area contributed by atoms with Crippen LogP contribution in [0.15, 0.2) is 12.1 Å². The van der Waals surface area contributed by atoms with Crippen molar-refractivity contribution in [2.45, 2.75) is 33.2 Å². The Morgan fingerprint density at radius 2 is 2.26 bits per heavy atom. The van der Waals surface area contributed by atoms with Crippen LogP contribution < -0.4 is 10.1 Å². The summed E-state index contributed by atoms with van der Waals surface area (Å²) in [4.78, 5) is 25.5. The normalized spacial score (nSPS) is 11.7. The summed E-state index contributed by atoms with van der Waals surface area (Å²) in [6.45, 7) is 5.19. The predicted octanol–water partition coefficient (Wildman–Crippen LogP) is 1.59. The van der Waals surface area contributed by atoms with E-state index < -0.39 is 4.92 Å². The molecule has 1 amide bonds. The quantitative estimate of drug-likeness (QED) is 0.624. The van der Waals surface area contributed by atoms with Gasteiger partial charge in [0.2, 0.25) is 5.75 Å². The van der Waals surface area contributed by atoms with Crippen molar-refractivity contribution in [1.82, 2.24) is 10.3 Å². The van der Waals surface area contributed by atoms with Crippen LogP contribution in [0.1, 0.15) is 26.0 Å². The van der Waals surface area contributed by atoms with Gasteiger partial charge in [-0.3, -0.25) is 4.79 Å². The van der Waals surface area contributed by atoms with Crippen LogP contribution in [-0.2, 0) is 4.79 Å². The first-order valence-electron chi connectivity index (χ1n) is 5.98. The van der Waals surface area contributed by atoms with E-state index in [2.05, 4.69) is 10.3 Å². The van der Waals surface area contributed by atoms with Crippen LogP contribution in [-0.4, -0.2) is 28.5 Å². The van der Waals surface area contributed by atoms with Gasteiger partial charge in [-0.1, -0.05) is 6.92 Å². The zero-order chi connectivity index (χ0) is 14.4. The molecule has 0 aliphatic carbocycles. The summed E-state index contributed by atoms with van der Waals surface area (Å²) in [6, 6.07) is 3.08. The number of hydrogen-bond donors (Lipinski definition) is 1. The maximum atomic E-state index is 11.5. The molecule has 7 nitrogen and oxygen atoms in total. The molecule has 104 valence electrons. The number of hydrogen-bond acceptors (Lipinski definition) is 5. The maximum Gasteiger partial charge on any atom is 0.406 e. The van der Waals surface area contributed by atoms with Gasteiger partial charge in [-0.2, -0.15) is 0 Å². The van der Waals surface area contributed by atoms with Gasteiger partial charge in [-0.15, -0.1) is 0 Å². The minimum Gasteiger partial charge on any atom is -0.476 e. The SMILES string of the molecule is CCC(C)NC(=O)COc1ccc(C)nc1[N+](=O)[O-]. The summed E-state index contributed by atoms with van der Waals surface area (Å²) in [7, 11) is 0. The molecule has 0 aliphatic rings. The smallest absolute Gasteiger partial charge is 0.406 e. The average molecular weight is 267 g/mol. The molecule has 1 heterocycles. The Morgan fingerprint density at radius 3 is 2.84 bits per heavy atom. The fraction of sp³-hybridized carbons (Fsp3) is 0.500. The molecule has 1 rings (SSSR count). The molecule has 0 saturated heterocycles. The molecule has 1 N–H and O–H groups in total. The highest BCUT2D eigenvalue weighted by molar-refractivity contribution is 5.77. The Morgan fingerprint density at radius 1 is 1.58 bits per heavy atom. The van der Waals surface area contributed by atoms with E-state index in [1.807, 2.05) is 13.8 Å². The van der Waals surface area contributed by atoms with Crippen molar-refractivity contribution in [3.63, 3.8) is 0 Å². The van der Waals surface area contributed by atoms with Gasteiger partial charge in [-0.25, -0.2) is 0 Å². The van der Waals surface area contributed by atoms with Crippen molar-refractivity contribution in [3.05, 3.63) is 27.9 Å². The predicted molar refractivity (Wildman–Crippen MR) is 69.0 cm³/mol. The topological polar surface area (TPSA) is 94.4 Å². The molecular formula is C12H17N3O4. The number of carbonyl (C=O) groups is 1. The Labute approximate surface area is 111 Å². The number of aromatic nitrogens is 1. The van der Waals surface area contributed by atoms with Gasteiger partial charge in [0.05, 0.1) is 0 Å². The number of nitrogens with zero attached hydrogens (tertiary/aromatic N) is 2. The van der Waals surface area contributed by atoms with Gasteiger partial charge in [0.25, 0.3) is 5.91 Å². The summed E-state index contributed by atoms with van der Waals surface area (Å²) < 4.78 is 5.14. The molecule has 1 atom stereocenters. The third-order valence-electron chi connectivity index (χ3n) is 2.53. The average Bonchev–Trinajstić information content (AvgIpc) is 2.36. The Kier molecular flexibility index (Phi) is 5.23. The number of nitro groups is 1. The molecular weight excluding hydrogens is 250 g/mol. The van der Waals surface area contributed by atoms with Crippen LogP contribution in [0.5, 0.6) is 5.75 Å². The van der Waals surface area contributed by atoms with Gasteiger partial charge in [-0.05, 0) is 35.4 Å². The van der Waals surface area contributed by atoms with Crippen molar-refractivity contribution in [3.8, 4) is 5.75 Å². The number of rotatable bonds is 6. The maximum absolute atomic E-state index is 11.5. The van der Waals surface area contributed by atoms with E-state index in [-0.39, 0.29) is 30.1 Å². The Hall–Kier alpha value is -2.18. The van der Waals surface area contributed by atoms with Gasteiger partial charge < -0.3 is 20.2 Å². The summed E-state index contributed by atoms with van der Waals surface area (Å²) >= 11 is 0. The zero-order valence-electron chi connectivity index (χ0n) is 11.2. The van der Waals surface area contributed by atoms with Gasteiger partial charge in [0, 0.05) is 13.0 Å². The summed E-state index contributed by atoms with van der Waals surface area (Å²) in [5.41, 5.74) is 0.517. The highest BCUT2D eigenvalue weighted by atomic mass is 16.6. The molecule has 0 radical (unpaired) electrons. The number of ether oxygens (including phenoxy) is 1. The second-order valence-corrected chi connectivity index (χ2v) is 4.20. The van der Waals surface area contributed by atoms with Crippen molar-refractivity contribution in [2.24, 2.45) is 0 Å². The number of aryl methyl sites for hydroxylation is 1. The van der Waals surface area contributed by atoms with Crippen LogP contribution in [0, 0.1) is 17.0 Å². The second kappa shape index (κ2) is 6.67. The molecule has 1 aromatic rings. The van der Waals surface area contributed by atoms with E-state index in [9.17, 15) is 14.9 Å². The summed E-state index contributed by atoms with van der Waals surface area (Å²) in [5, 5.41) is 13.5. The first kappa shape index (κ1) is 14.9.